The van der Waals surface area contributed by atoms with Crippen LogP contribution in [0, 0.1) is 0 Å². The summed E-state index contributed by atoms with van der Waals surface area (Å²) in [5.74, 6) is 0.390. The molecule has 5 heteroatoms. The Bertz CT molecular complexity index is 611. The molecule has 0 bridgehead atoms. The lowest BCUT2D eigenvalue weighted by atomic mass is 10.2. The molecule has 0 aliphatic rings. The van der Waals surface area contributed by atoms with Gasteiger partial charge in [-0.2, -0.15) is 0 Å². The van der Waals surface area contributed by atoms with Gasteiger partial charge in [0.05, 0.1) is 13.2 Å². The standard InChI is InChI=1S/C16H18BrN3O/c1-21-11-13-4-2-3-5-15(13)20-16(18)19-10-12-6-8-14(17)9-7-12/h2-9H,10-11H2,1H3,(H3,18,19,20). The molecule has 0 fully saturated rings. The first kappa shape index (κ1) is 15.5. The van der Waals surface area contributed by atoms with Crippen LogP contribution in [-0.4, -0.2) is 13.1 Å². The van der Waals surface area contributed by atoms with Crippen LogP contribution in [0.3, 0.4) is 0 Å². The first-order valence-corrected chi connectivity index (χ1v) is 7.36. The Morgan fingerprint density at radius 1 is 1.19 bits per heavy atom. The molecule has 0 saturated carbocycles. The largest absolute Gasteiger partial charge is 0.380 e. The van der Waals surface area contributed by atoms with Gasteiger partial charge in [-0.1, -0.05) is 46.3 Å². The first-order chi connectivity index (χ1) is 10.2. The molecule has 21 heavy (non-hydrogen) atoms. The molecule has 0 spiro atoms. The Kier molecular flexibility index (Phi) is 5.78. The Balaban J connectivity index is 2.02. The molecule has 0 aliphatic carbocycles. The average Bonchev–Trinajstić information content (AvgIpc) is 2.49. The van der Waals surface area contributed by atoms with E-state index in [0.717, 1.165) is 21.3 Å². The Labute approximate surface area is 133 Å². The summed E-state index contributed by atoms with van der Waals surface area (Å²) in [7, 11) is 1.67. The number of nitrogens with two attached hydrogens (primary N) is 1. The van der Waals surface area contributed by atoms with Gasteiger partial charge in [0.2, 0.25) is 0 Å². The number of anilines is 1. The van der Waals surface area contributed by atoms with Crippen LogP contribution in [0.5, 0.6) is 0 Å². The number of hydrogen-bond acceptors (Lipinski definition) is 2. The van der Waals surface area contributed by atoms with Crippen LogP contribution in [0.2, 0.25) is 0 Å². The minimum atomic E-state index is 0.390. The molecule has 4 nitrogen and oxygen atoms in total. The molecule has 0 unspecified atom stereocenters. The summed E-state index contributed by atoms with van der Waals surface area (Å²) >= 11 is 3.41. The molecule has 0 heterocycles. The molecular weight excluding hydrogens is 330 g/mol. The number of ether oxygens (including phenoxy) is 1. The highest BCUT2D eigenvalue weighted by Crippen LogP contribution is 2.15. The van der Waals surface area contributed by atoms with Crippen molar-refractivity contribution >= 4 is 27.6 Å². The highest BCUT2D eigenvalue weighted by molar-refractivity contribution is 9.10. The third-order valence-electron chi connectivity index (χ3n) is 2.93. The van der Waals surface area contributed by atoms with Crippen LogP contribution in [-0.2, 0) is 17.9 Å². The lowest BCUT2D eigenvalue weighted by molar-refractivity contribution is 0.185. The predicted molar refractivity (Wildman–Crippen MR) is 90.2 cm³/mol. The van der Waals surface area contributed by atoms with Gasteiger partial charge in [0, 0.05) is 22.8 Å². The molecule has 2 aromatic rings. The summed E-state index contributed by atoms with van der Waals surface area (Å²) in [4.78, 5) is 4.35. The number of nitrogens with one attached hydrogen (secondary N) is 1. The topological polar surface area (TPSA) is 59.6 Å². The summed E-state index contributed by atoms with van der Waals surface area (Å²) in [6.07, 6.45) is 0. The van der Waals surface area contributed by atoms with Gasteiger partial charge < -0.3 is 15.8 Å². The number of hydrogen-bond donors (Lipinski definition) is 2. The van der Waals surface area contributed by atoms with Crippen molar-refractivity contribution in [2.24, 2.45) is 10.7 Å². The van der Waals surface area contributed by atoms with Crippen molar-refractivity contribution in [2.75, 3.05) is 12.4 Å². The third-order valence-corrected chi connectivity index (χ3v) is 3.45. The number of para-hydroxylation sites is 1. The van der Waals surface area contributed by atoms with E-state index in [1.807, 2.05) is 48.5 Å². The van der Waals surface area contributed by atoms with E-state index in [4.69, 9.17) is 10.5 Å². The molecule has 3 N–H and O–H groups in total. The Hall–Kier alpha value is -1.85. The molecule has 110 valence electrons. The van der Waals surface area contributed by atoms with Gasteiger partial charge in [-0.15, -0.1) is 0 Å². The zero-order chi connectivity index (χ0) is 15.1. The minimum absolute atomic E-state index is 0.390. The second-order valence-corrected chi connectivity index (χ2v) is 5.46. The van der Waals surface area contributed by atoms with E-state index in [2.05, 4.69) is 26.2 Å². The van der Waals surface area contributed by atoms with Crippen molar-refractivity contribution in [1.29, 1.82) is 0 Å². The summed E-state index contributed by atoms with van der Waals surface area (Å²) < 4.78 is 6.22. The van der Waals surface area contributed by atoms with Crippen LogP contribution in [0.1, 0.15) is 11.1 Å². The fraction of sp³-hybridized carbons (Fsp3) is 0.188. The van der Waals surface area contributed by atoms with Crippen LogP contribution in [0.4, 0.5) is 5.69 Å². The second kappa shape index (κ2) is 7.81. The van der Waals surface area contributed by atoms with E-state index < -0.39 is 0 Å². The van der Waals surface area contributed by atoms with Crippen molar-refractivity contribution in [3.63, 3.8) is 0 Å². The summed E-state index contributed by atoms with van der Waals surface area (Å²) in [5.41, 5.74) is 9.00. The normalized spacial score (nSPS) is 11.4. The number of rotatable bonds is 5. The van der Waals surface area contributed by atoms with Gasteiger partial charge in [-0.05, 0) is 23.8 Å². The van der Waals surface area contributed by atoms with E-state index in [1.54, 1.807) is 7.11 Å². The number of nitrogens with zero attached hydrogens (tertiary/aromatic N) is 1. The number of aliphatic imine (C=N–C) groups is 1. The molecule has 0 aliphatic heterocycles. The second-order valence-electron chi connectivity index (χ2n) is 4.54. The number of halogens is 1. The van der Waals surface area contributed by atoms with Gasteiger partial charge in [0.1, 0.15) is 0 Å². The summed E-state index contributed by atoms with van der Waals surface area (Å²) in [5, 5.41) is 3.12. The average molecular weight is 348 g/mol. The fourth-order valence-corrected chi connectivity index (χ4v) is 2.13. The quantitative estimate of drug-likeness (QED) is 0.642. The van der Waals surface area contributed by atoms with Crippen molar-refractivity contribution in [1.82, 2.24) is 0 Å². The monoisotopic (exact) mass is 347 g/mol. The molecule has 0 aromatic heterocycles. The molecule has 0 radical (unpaired) electrons. The van der Waals surface area contributed by atoms with Gasteiger partial charge in [-0.3, -0.25) is 0 Å². The van der Waals surface area contributed by atoms with E-state index in [0.29, 0.717) is 19.1 Å². The lowest BCUT2D eigenvalue weighted by Gasteiger charge is -2.10. The maximum Gasteiger partial charge on any atom is 0.193 e. The van der Waals surface area contributed by atoms with Crippen molar-refractivity contribution in [3.8, 4) is 0 Å². The van der Waals surface area contributed by atoms with Crippen molar-refractivity contribution < 1.29 is 4.74 Å². The third kappa shape index (κ3) is 4.88. The summed E-state index contributed by atoms with van der Waals surface area (Å²) in [6.45, 7) is 1.07. The van der Waals surface area contributed by atoms with E-state index in [9.17, 15) is 0 Å². The van der Waals surface area contributed by atoms with Crippen LogP contribution < -0.4 is 11.1 Å². The summed E-state index contributed by atoms with van der Waals surface area (Å²) in [6, 6.07) is 15.9. The smallest absolute Gasteiger partial charge is 0.193 e. The Morgan fingerprint density at radius 3 is 2.62 bits per heavy atom. The number of guanidine groups is 1. The molecule has 0 atom stereocenters. The highest BCUT2D eigenvalue weighted by atomic mass is 79.9. The lowest BCUT2D eigenvalue weighted by Crippen LogP contribution is -2.23. The maximum absolute atomic E-state index is 5.94. The van der Waals surface area contributed by atoms with E-state index in [-0.39, 0.29) is 0 Å². The first-order valence-electron chi connectivity index (χ1n) is 6.57. The molecule has 0 amide bonds. The van der Waals surface area contributed by atoms with Crippen LogP contribution >= 0.6 is 15.9 Å². The van der Waals surface area contributed by atoms with Gasteiger partial charge >= 0.3 is 0 Å². The Morgan fingerprint density at radius 2 is 1.90 bits per heavy atom. The predicted octanol–water partition coefficient (Wildman–Crippen LogP) is 3.52. The molecule has 2 rings (SSSR count). The van der Waals surface area contributed by atoms with Crippen LogP contribution in [0.25, 0.3) is 0 Å². The zero-order valence-corrected chi connectivity index (χ0v) is 13.4. The van der Waals surface area contributed by atoms with Gasteiger partial charge in [-0.25, -0.2) is 4.99 Å². The van der Waals surface area contributed by atoms with Crippen molar-refractivity contribution in [3.05, 3.63) is 64.1 Å². The van der Waals surface area contributed by atoms with Crippen LogP contribution in [0.15, 0.2) is 58.0 Å². The maximum atomic E-state index is 5.94. The van der Waals surface area contributed by atoms with E-state index >= 15 is 0 Å². The molecule has 0 saturated heterocycles. The SMILES string of the molecule is COCc1ccccc1NC(N)=NCc1ccc(Br)cc1. The number of benzene rings is 2. The highest BCUT2D eigenvalue weighted by Gasteiger charge is 2.02. The van der Waals surface area contributed by atoms with Gasteiger partial charge in [0.25, 0.3) is 0 Å². The molecule has 2 aromatic carbocycles. The zero-order valence-electron chi connectivity index (χ0n) is 11.8. The fourth-order valence-electron chi connectivity index (χ4n) is 1.87. The van der Waals surface area contributed by atoms with Crippen molar-refractivity contribution in [2.45, 2.75) is 13.2 Å². The minimum Gasteiger partial charge on any atom is -0.380 e. The van der Waals surface area contributed by atoms with Gasteiger partial charge in [0.15, 0.2) is 5.96 Å². The molecular formula is C16H18BrN3O. The number of methoxy groups -OCH3 is 1. The van der Waals surface area contributed by atoms with E-state index in [1.165, 1.54) is 0 Å².